The van der Waals surface area contributed by atoms with Crippen molar-refractivity contribution in [2.24, 2.45) is 5.73 Å². The van der Waals surface area contributed by atoms with E-state index in [4.69, 9.17) is 22.1 Å². The van der Waals surface area contributed by atoms with E-state index < -0.39 is 24.0 Å². The van der Waals surface area contributed by atoms with Gasteiger partial charge in [0.2, 0.25) is 0 Å². The lowest BCUT2D eigenvalue weighted by molar-refractivity contribution is -0.127. The van der Waals surface area contributed by atoms with E-state index in [0.29, 0.717) is 10.9 Å². The van der Waals surface area contributed by atoms with Crippen LogP contribution in [0.5, 0.6) is 0 Å². The lowest BCUT2D eigenvalue weighted by Crippen LogP contribution is -2.42. The Bertz CT molecular complexity index is 763. The van der Waals surface area contributed by atoms with Crippen molar-refractivity contribution in [2.45, 2.75) is 13.0 Å². The Morgan fingerprint density at radius 3 is 2.68 bits per heavy atom. The highest BCUT2D eigenvalue weighted by molar-refractivity contribution is 6.30. The third-order valence-corrected chi connectivity index (χ3v) is 3.00. The van der Waals surface area contributed by atoms with Gasteiger partial charge in [-0.25, -0.2) is 14.6 Å². The molecule has 1 aromatic heterocycles. The molecule has 0 saturated heterocycles. The molecule has 1 atom stereocenters. The van der Waals surface area contributed by atoms with Crippen LogP contribution >= 0.6 is 11.6 Å². The number of amides is 3. The number of aromatic nitrogens is 1. The van der Waals surface area contributed by atoms with Gasteiger partial charge in [0.25, 0.3) is 5.91 Å². The molecule has 0 bridgehead atoms. The molecule has 3 amide bonds. The molecule has 0 aliphatic heterocycles. The minimum absolute atomic E-state index is 0.125. The van der Waals surface area contributed by atoms with E-state index >= 15 is 0 Å². The number of imide groups is 1. The molecule has 0 aliphatic carbocycles. The molecule has 0 aliphatic rings. The molecule has 0 radical (unpaired) electrons. The number of carbonyl (C=O) groups excluding carboxylic acids is 3. The highest BCUT2D eigenvalue weighted by Gasteiger charge is 2.21. The Hall–Kier alpha value is -2.67. The van der Waals surface area contributed by atoms with Crippen LogP contribution in [0.25, 0.3) is 10.9 Å². The number of halogens is 1. The Labute approximate surface area is 130 Å². The number of primary amides is 1. The summed E-state index contributed by atoms with van der Waals surface area (Å²) in [6.07, 6.45) is -1.19. The van der Waals surface area contributed by atoms with Crippen LogP contribution in [0.15, 0.2) is 30.3 Å². The van der Waals surface area contributed by atoms with Crippen LogP contribution in [-0.4, -0.2) is 29.0 Å². The van der Waals surface area contributed by atoms with E-state index in [9.17, 15) is 14.4 Å². The molecular weight excluding hydrogens is 310 g/mol. The van der Waals surface area contributed by atoms with Crippen LogP contribution in [0.2, 0.25) is 5.15 Å². The number of esters is 1. The molecular formula is C14H12ClN3O4. The van der Waals surface area contributed by atoms with E-state index in [1.54, 1.807) is 24.3 Å². The maximum Gasteiger partial charge on any atom is 0.339 e. The Morgan fingerprint density at radius 2 is 2.00 bits per heavy atom. The van der Waals surface area contributed by atoms with Crippen LogP contribution < -0.4 is 11.1 Å². The number of rotatable bonds is 3. The summed E-state index contributed by atoms with van der Waals surface area (Å²) in [7, 11) is 0. The number of benzene rings is 1. The van der Waals surface area contributed by atoms with Crippen molar-refractivity contribution in [1.82, 2.24) is 10.3 Å². The molecule has 114 valence electrons. The van der Waals surface area contributed by atoms with Gasteiger partial charge in [0, 0.05) is 5.39 Å². The number of ether oxygens (including phenoxy) is 1. The average molecular weight is 322 g/mol. The third kappa shape index (κ3) is 3.50. The number of hydrogen-bond donors (Lipinski definition) is 2. The van der Waals surface area contributed by atoms with Gasteiger partial charge >= 0.3 is 12.0 Å². The lowest BCUT2D eigenvalue weighted by Gasteiger charge is -2.13. The molecule has 8 heteroatoms. The van der Waals surface area contributed by atoms with Crippen molar-refractivity contribution in [3.8, 4) is 0 Å². The number of urea groups is 1. The molecule has 1 aromatic carbocycles. The molecule has 0 saturated carbocycles. The standard InChI is InChI=1S/C14H12ClN3O4/c1-7(12(19)18-14(16)21)22-13(20)9-6-11(15)17-10-5-3-2-4-8(9)10/h2-7H,1H3,(H3,16,18,19,21)/t7-/m0/s1. The summed E-state index contributed by atoms with van der Waals surface area (Å²) in [6, 6.07) is 7.20. The van der Waals surface area contributed by atoms with Crippen molar-refractivity contribution in [3.63, 3.8) is 0 Å². The minimum Gasteiger partial charge on any atom is -0.449 e. The summed E-state index contributed by atoms with van der Waals surface area (Å²) in [4.78, 5) is 38.4. The van der Waals surface area contributed by atoms with Crippen LogP contribution in [-0.2, 0) is 9.53 Å². The molecule has 0 unspecified atom stereocenters. The summed E-state index contributed by atoms with van der Waals surface area (Å²) in [5.74, 6) is -1.57. The summed E-state index contributed by atoms with van der Waals surface area (Å²) < 4.78 is 5.02. The fraction of sp³-hybridized carbons (Fsp3) is 0.143. The average Bonchev–Trinajstić information content (AvgIpc) is 2.45. The summed E-state index contributed by atoms with van der Waals surface area (Å²) in [5.41, 5.74) is 5.53. The lowest BCUT2D eigenvalue weighted by atomic mass is 10.1. The zero-order valence-electron chi connectivity index (χ0n) is 11.5. The van der Waals surface area contributed by atoms with Crippen LogP contribution in [0.1, 0.15) is 17.3 Å². The summed E-state index contributed by atoms with van der Waals surface area (Å²) in [6.45, 7) is 1.32. The fourth-order valence-electron chi connectivity index (χ4n) is 1.81. The van der Waals surface area contributed by atoms with Gasteiger partial charge in [-0.2, -0.15) is 0 Å². The molecule has 22 heavy (non-hydrogen) atoms. The van der Waals surface area contributed by atoms with E-state index in [-0.39, 0.29) is 10.7 Å². The molecule has 1 heterocycles. The van der Waals surface area contributed by atoms with Crippen molar-refractivity contribution in [2.75, 3.05) is 0 Å². The number of nitrogens with one attached hydrogen (secondary N) is 1. The Morgan fingerprint density at radius 1 is 1.32 bits per heavy atom. The monoisotopic (exact) mass is 321 g/mol. The van der Waals surface area contributed by atoms with Gasteiger partial charge in [0.1, 0.15) is 5.15 Å². The predicted molar refractivity (Wildman–Crippen MR) is 79.4 cm³/mol. The number of nitrogens with two attached hydrogens (primary N) is 1. The number of pyridine rings is 1. The van der Waals surface area contributed by atoms with Crippen molar-refractivity contribution in [1.29, 1.82) is 0 Å². The van der Waals surface area contributed by atoms with Crippen molar-refractivity contribution in [3.05, 3.63) is 41.0 Å². The zero-order chi connectivity index (χ0) is 16.3. The van der Waals surface area contributed by atoms with Gasteiger partial charge in [-0.05, 0) is 19.1 Å². The number of nitrogens with zero attached hydrogens (tertiary/aromatic N) is 1. The topological polar surface area (TPSA) is 111 Å². The summed E-state index contributed by atoms with van der Waals surface area (Å²) in [5, 5.41) is 2.50. The minimum atomic E-state index is -1.19. The Balaban J connectivity index is 2.26. The van der Waals surface area contributed by atoms with Gasteiger partial charge in [0.15, 0.2) is 6.10 Å². The first-order valence-electron chi connectivity index (χ1n) is 6.25. The van der Waals surface area contributed by atoms with Crippen molar-refractivity contribution < 1.29 is 19.1 Å². The predicted octanol–water partition coefficient (Wildman–Crippen LogP) is 1.63. The molecule has 0 fully saturated rings. The SMILES string of the molecule is C[C@H](OC(=O)c1cc(Cl)nc2ccccc12)C(=O)NC(N)=O. The normalized spacial score (nSPS) is 11.7. The van der Waals surface area contributed by atoms with E-state index in [1.807, 2.05) is 5.32 Å². The molecule has 2 aromatic rings. The number of fused-ring (bicyclic) bond motifs is 1. The van der Waals surface area contributed by atoms with Gasteiger partial charge in [-0.1, -0.05) is 29.8 Å². The number of para-hydroxylation sites is 1. The molecule has 2 rings (SSSR count). The van der Waals surface area contributed by atoms with Gasteiger partial charge in [0.05, 0.1) is 11.1 Å². The van der Waals surface area contributed by atoms with Crippen molar-refractivity contribution >= 4 is 40.4 Å². The van der Waals surface area contributed by atoms with E-state index in [2.05, 4.69) is 4.98 Å². The highest BCUT2D eigenvalue weighted by Crippen LogP contribution is 2.21. The molecule has 0 spiro atoms. The maximum atomic E-state index is 12.2. The fourth-order valence-corrected chi connectivity index (χ4v) is 2.01. The largest absolute Gasteiger partial charge is 0.449 e. The summed E-state index contributed by atoms with van der Waals surface area (Å²) >= 11 is 5.88. The first kappa shape index (κ1) is 15.7. The first-order valence-corrected chi connectivity index (χ1v) is 6.63. The van der Waals surface area contributed by atoms with Gasteiger partial charge in [-0.3, -0.25) is 10.1 Å². The van der Waals surface area contributed by atoms with Crippen LogP contribution in [0.3, 0.4) is 0 Å². The Kier molecular flexibility index (Phi) is 4.57. The van der Waals surface area contributed by atoms with Gasteiger partial charge < -0.3 is 10.5 Å². The second kappa shape index (κ2) is 6.40. The molecule has 3 N–H and O–H groups in total. The number of carbonyl (C=O) groups is 3. The maximum absolute atomic E-state index is 12.2. The quantitative estimate of drug-likeness (QED) is 0.659. The highest BCUT2D eigenvalue weighted by atomic mass is 35.5. The van der Waals surface area contributed by atoms with E-state index in [0.717, 1.165) is 0 Å². The smallest absolute Gasteiger partial charge is 0.339 e. The second-order valence-corrected chi connectivity index (χ2v) is 4.80. The first-order chi connectivity index (χ1) is 10.4. The van der Waals surface area contributed by atoms with Crippen LogP contribution in [0, 0.1) is 0 Å². The van der Waals surface area contributed by atoms with E-state index in [1.165, 1.54) is 13.0 Å². The number of hydrogen-bond acceptors (Lipinski definition) is 5. The molecule has 7 nitrogen and oxygen atoms in total. The second-order valence-electron chi connectivity index (χ2n) is 4.41. The van der Waals surface area contributed by atoms with Gasteiger partial charge in [-0.15, -0.1) is 0 Å². The zero-order valence-corrected chi connectivity index (χ0v) is 12.3. The third-order valence-electron chi connectivity index (χ3n) is 2.80. The van der Waals surface area contributed by atoms with Crippen LogP contribution in [0.4, 0.5) is 4.79 Å².